The van der Waals surface area contributed by atoms with E-state index in [1.54, 1.807) is 34.6 Å². The molecule has 18 heavy (non-hydrogen) atoms. The quantitative estimate of drug-likeness (QED) is 0.827. The molecule has 0 radical (unpaired) electrons. The van der Waals surface area contributed by atoms with E-state index in [1.165, 1.54) is 0 Å². The van der Waals surface area contributed by atoms with Crippen molar-refractivity contribution in [3.05, 3.63) is 0 Å². The van der Waals surface area contributed by atoms with E-state index >= 15 is 0 Å². The number of carbonyl (C=O) groups excluding carboxylic acids is 1. The third-order valence-electron chi connectivity index (χ3n) is 2.17. The van der Waals surface area contributed by atoms with Gasteiger partial charge in [-0.25, -0.2) is 4.79 Å². The van der Waals surface area contributed by atoms with Gasteiger partial charge >= 0.3 is 12.3 Å². The van der Waals surface area contributed by atoms with Gasteiger partial charge in [-0.1, -0.05) is 13.8 Å². The maximum absolute atomic E-state index is 12.5. The molecule has 0 saturated carbocycles. The smallest absolute Gasteiger partial charge is 0.407 e. The molecule has 0 aliphatic carbocycles. The summed E-state index contributed by atoms with van der Waals surface area (Å²) in [5.41, 5.74) is 4.34. The van der Waals surface area contributed by atoms with Crippen molar-refractivity contribution in [2.24, 2.45) is 11.7 Å². The number of hydrogen-bond acceptors (Lipinski definition) is 3. The predicted octanol–water partition coefficient (Wildman–Crippen LogP) is 2.43. The summed E-state index contributed by atoms with van der Waals surface area (Å²) < 4.78 is 42.5. The van der Waals surface area contributed by atoms with Crippen molar-refractivity contribution in [2.45, 2.75) is 58.5 Å². The molecule has 2 atom stereocenters. The molecule has 108 valence electrons. The largest absolute Gasteiger partial charge is 0.444 e. The Labute approximate surface area is 105 Å². The molecule has 0 aliphatic rings. The van der Waals surface area contributed by atoms with E-state index in [-0.39, 0.29) is 0 Å². The van der Waals surface area contributed by atoms with Crippen LogP contribution in [0.15, 0.2) is 0 Å². The summed E-state index contributed by atoms with van der Waals surface area (Å²) in [7, 11) is 0. The van der Waals surface area contributed by atoms with Crippen molar-refractivity contribution in [1.82, 2.24) is 5.32 Å². The van der Waals surface area contributed by atoms with Crippen LogP contribution in [0.3, 0.4) is 0 Å². The van der Waals surface area contributed by atoms with Gasteiger partial charge in [0.05, 0.1) is 6.04 Å². The Bertz CT molecular complexity index is 285. The molecule has 0 heterocycles. The van der Waals surface area contributed by atoms with E-state index in [9.17, 15) is 18.0 Å². The first-order valence-electron chi connectivity index (χ1n) is 5.66. The summed E-state index contributed by atoms with van der Waals surface area (Å²) in [4.78, 5) is 11.4. The number of amides is 1. The molecule has 7 heteroatoms. The van der Waals surface area contributed by atoms with Crippen molar-refractivity contribution in [1.29, 1.82) is 0 Å². The van der Waals surface area contributed by atoms with Gasteiger partial charge in [-0.15, -0.1) is 0 Å². The molecule has 0 aromatic rings. The van der Waals surface area contributed by atoms with Crippen LogP contribution in [0.4, 0.5) is 18.0 Å². The summed E-state index contributed by atoms with van der Waals surface area (Å²) in [6.45, 7) is 7.98. The molecular formula is C11H21F3N2O2. The molecule has 0 unspecified atom stereocenters. The minimum absolute atomic E-state index is 0.464. The fourth-order valence-corrected chi connectivity index (χ4v) is 1.32. The van der Waals surface area contributed by atoms with Crippen LogP contribution in [0, 0.1) is 5.92 Å². The number of ether oxygens (including phenoxy) is 1. The number of hydrogen-bond donors (Lipinski definition) is 2. The first-order chi connectivity index (χ1) is 7.84. The zero-order chi connectivity index (χ0) is 14.7. The van der Waals surface area contributed by atoms with Crippen LogP contribution in [0.5, 0.6) is 0 Å². The number of halogens is 3. The van der Waals surface area contributed by atoms with Gasteiger partial charge in [0, 0.05) is 0 Å². The Morgan fingerprint density at radius 3 is 1.94 bits per heavy atom. The second kappa shape index (κ2) is 5.77. The maximum Gasteiger partial charge on any atom is 0.407 e. The summed E-state index contributed by atoms with van der Waals surface area (Å²) in [6.07, 6.45) is -5.47. The second-order valence-corrected chi connectivity index (χ2v) is 5.48. The fraction of sp³-hybridized carbons (Fsp3) is 0.909. The van der Waals surface area contributed by atoms with Gasteiger partial charge in [-0.05, 0) is 26.7 Å². The molecule has 0 aliphatic heterocycles. The molecule has 1 amide bonds. The van der Waals surface area contributed by atoms with E-state index in [0.717, 1.165) is 0 Å². The number of alkyl halides is 3. The highest BCUT2D eigenvalue weighted by Gasteiger charge is 2.44. The molecule has 4 nitrogen and oxygen atoms in total. The maximum atomic E-state index is 12.5. The average molecular weight is 270 g/mol. The van der Waals surface area contributed by atoms with E-state index in [2.05, 4.69) is 5.32 Å². The van der Waals surface area contributed by atoms with E-state index in [1.807, 2.05) is 0 Å². The zero-order valence-corrected chi connectivity index (χ0v) is 11.3. The standard InChI is InChI=1S/C11H21F3N2O2/c1-6(2)7(8(15)11(12,13)14)16-9(17)18-10(3,4)5/h6-8H,15H2,1-5H3,(H,16,17)/t7-,8-/m0/s1. The Balaban J connectivity index is 4.70. The van der Waals surface area contributed by atoms with Gasteiger partial charge < -0.3 is 15.8 Å². The van der Waals surface area contributed by atoms with E-state index < -0.39 is 35.9 Å². The fourth-order valence-electron chi connectivity index (χ4n) is 1.32. The van der Waals surface area contributed by atoms with Crippen molar-refractivity contribution in [3.63, 3.8) is 0 Å². The first kappa shape index (κ1) is 17.0. The number of rotatable bonds is 3. The Morgan fingerprint density at radius 2 is 1.67 bits per heavy atom. The lowest BCUT2D eigenvalue weighted by Gasteiger charge is -2.30. The predicted molar refractivity (Wildman–Crippen MR) is 62.0 cm³/mol. The van der Waals surface area contributed by atoms with Gasteiger partial charge in [0.25, 0.3) is 0 Å². The second-order valence-electron chi connectivity index (χ2n) is 5.48. The van der Waals surface area contributed by atoms with Gasteiger partial charge in [0.1, 0.15) is 11.6 Å². The SMILES string of the molecule is CC(C)[C@H](NC(=O)OC(C)(C)C)[C@H](N)C(F)(F)F. The highest BCUT2D eigenvalue weighted by molar-refractivity contribution is 5.68. The van der Waals surface area contributed by atoms with Crippen molar-refractivity contribution in [2.75, 3.05) is 0 Å². The molecule has 0 aromatic heterocycles. The highest BCUT2D eigenvalue weighted by Crippen LogP contribution is 2.24. The lowest BCUT2D eigenvalue weighted by atomic mass is 9.97. The zero-order valence-electron chi connectivity index (χ0n) is 11.3. The van der Waals surface area contributed by atoms with Crippen LogP contribution >= 0.6 is 0 Å². The molecular weight excluding hydrogens is 249 g/mol. The molecule has 0 rings (SSSR count). The molecule has 0 fully saturated rings. The third kappa shape index (κ3) is 6.09. The molecule has 0 aromatic carbocycles. The molecule has 0 spiro atoms. The van der Waals surface area contributed by atoms with E-state index in [0.29, 0.717) is 0 Å². The van der Waals surface area contributed by atoms with Crippen LogP contribution < -0.4 is 11.1 Å². The monoisotopic (exact) mass is 270 g/mol. The Morgan fingerprint density at radius 1 is 1.22 bits per heavy atom. The lowest BCUT2D eigenvalue weighted by Crippen LogP contribution is -2.57. The minimum atomic E-state index is -4.57. The van der Waals surface area contributed by atoms with Gasteiger partial charge in [-0.3, -0.25) is 0 Å². The molecule has 0 bridgehead atoms. The van der Waals surface area contributed by atoms with Crippen LogP contribution in [0.1, 0.15) is 34.6 Å². The van der Waals surface area contributed by atoms with Crippen LogP contribution in [-0.2, 0) is 4.74 Å². The molecule has 3 N–H and O–H groups in total. The van der Waals surface area contributed by atoms with E-state index in [4.69, 9.17) is 10.5 Å². The van der Waals surface area contributed by atoms with Gasteiger partial charge in [0.15, 0.2) is 0 Å². The number of carbonyl (C=O) groups is 1. The average Bonchev–Trinajstić information content (AvgIpc) is 2.08. The number of alkyl carbamates (subject to hydrolysis) is 1. The highest BCUT2D eigenvalue weighted by atomic mass is 19.4. The first-order valence-corrected chi connectivity index (χ1v) is 5.66. The summed E-state index contributed by atoms with van der Waals surface area (Å²) in [5, 5.41) is 2.17. The third-order valence-corrected chi connectivity index (χ3v) is 2.17. The Kier molecular flexibility index (Phi) is 5.46. The summed E-state index contributed by atoms with van der Waals surface area (Å²) in [5.74, 6) is -0.464. The van der Waals surface area contributed by atoms with Crippen LogP contribution in [-0.4, -0.2) is 30.0 Å². The summed E-state index contributed by atoms with van der Waals surface area (Å²) >= 11 is 0. The normalized spacial score (nSPS) is 16.3. The topological polar surface area (TPSA) is 64.3 Å². The number of nitrogens with one attached hydrogen (secondary N) is 1. The van der Waals surface area contributed by atoms with Gasteiger partial charge in [0.2, 0.25) is 0 Å². The van der Waals surface area contributed by atoms with Crippen LogP contribution in [0.2, 0.25) is 0 Å². The van der Waals surface area contributed by atoms with Crippen molar-refractivity contribution >= 4 is 6.09 Å². The minimum Gasteiger partial charge on any atom is -0.444 e. The number of nitrogens with two attached hydrogens (primary N) is 1. The lowest BCUT2D eigenvalue weighted by molar-refractivity contribution is -0.156. The Hall–Kier alpha value is -0.980. The molecule has 0 saturated heterocycles. The van der Waals surface area contributed by atoms with Gasteiger partial charge in [-0.2, -0.15) is 13.2 Å². The summed E-state index contributed by atoms with van der Waals surface area (Å²) in [6, 6.07) is -3.34. The van der Waals surface area contributed by atoms with Crippen molar-refractivity contribution < 1.29 is 22.7 Å². The van der Waals surface area contributed by atoms with Crippen LogP contribution in [0.25, 0.3) is 0 Å². The van der Waals surface area contributed by atoms with Crippen molar-refractivity contribution in [3.8, 4) is 0 Å².